The van der Waals surface area contributed by atoms with Crippen LogP contribution in [0.25, 0.3) is 10.3 Å². The predicted octanol–water partition coefficient (Wildman–Crippen LogP) is 4.09. The Morgan fingerprint density at radius 1 is 1.25 bits per heavy atom. The second kappa shape index (κ2) is 10.5. The Balaban J connectivity index is 1.51. The molecule has 0 radical (unpaired) electrons. The Morgan fingerprint density at radius 3 is 2.78 bits per heavy atom. The van der Waals surface area contributed by atoms with E-state index in [9.17, 15) is 9.59 Å². The summed E-state index contributed by atoms with van der Waals surface area (Å²) in [7, 11) is 0. The molecule has 4 rings (SSSR count). The zero-order chi connectivity index (χ0) is 22.5. The van der Waals surface area contributed by atoms with E-state index in [0.717, 1.165) is 36.6 Å². The van der Waals surface area contributed by atoms with Gasteiger partial charge in [-0.15, -0.1) is 6.58 Å². The van der Waals surface area contributed by atoms with Crippen LogP contribution >= 0.6 is 34.7 Å². The van der Waals surface area contributed by atoms with Crippen molar-refractivity contribution in [3.05, 3.63) is 57.9 Å². The van der Waals surface area contributed by atoms with Crippen molar-refractivity contribution >= 4 is 56.1 Å². The molecule has 1 aliphatic rings. The van der Waals surface area contributed by atoms with E-state index in [0.29, 0.717) is 33.6 Å². The van der Waals surface area contributed by atoms with Crippen molar-refractivity contribution in [3.8, 4) is 0 Å². The summed E-state index contributed by atoms with van der Waals surface area (Å²) in [5.74, 6) is -0.0375. The quantitative estimate of drug-likeness (QED) is 0.291. The van der Waals surface area contributed by atoms with Gasteiger partial charge >= 0.3 is 0 Å². The normalized spacial score (nSPS) is 14.0. The van der Waals surface area contributed by atoms with E-state index in [2.05, 4.69) is 26.8 Å². The lowest BCUT2D eigenvalue weighted by atomic mass is 10.1. The molecule has 2 aromatic heterocycles. The monoisotopic (exact) mass is 489 g/mol. The molecule has 32 heavy (non-hydrogen) atoms. The highest BCUT2D eigenvalue weighted by atomic mass is 35.5. The largest absolute Gasteiger partial charge is 0.351 e. The van der Waals surface area contributed by atoms with Crippen LogP contribution < -0.4 is 15.8 Å². The summed E-state index contributed by atoms with van der Waals surface area (Å²) in [6.07, 6.45) is 5.15. The Hall–Kier alpha value is -2.36. The SMILES string of the molecule is C=CCn1c(SCC(=O)NCc2ccccc2Cl)nc2nc(N3CCCCC3)sc2c1=O. The second-order valence-electron chi connectivity index (χ2n) is 7.45. The summed E-state index contributed by atoms with van der Waals surface area (Å²) in [6, 6.07) is 7.38. The third-order valence-electron chi connectivity index (χ3n) is 5.17. The number of hydrogen-bond donors (Lipinski definition) is 1. The molecule has 3 heterocycles. The summed E-state index contributed by atoms with van der Waals surface area (Å²) >= 11 is 8.76. The molecule has 0 unspecified atom stereocenters. The van der Waals surface area contributed by atoms with Crippen molar-refractivity contribution in [1.29, 1.82) is 0 Å². The first kappa shape index (κ1) is 22.8. The van der Waals surface area contributed by atoms with E-state index >= 15 is 0 Å². The second-order valence-corrected chi connectivity index (χ2v) is 9.78. The Labute approximate surface area is 199 Å². The van der Waals surface area contributed by atoms with Gasteiger partial charge in [0.25, 0.3) is 5.56 Å². The van der Waals surface area contributed by atoms with E-state index in [4.69, 9.17) is 11.6 Å². The smallest absolute Gasteiger partial charge is 0.274 e. The average Bonchev–Trinajstić information content (AvgIpc) is 3.24. The lowest BCUT2D eigenvalue weighted by molar-refractivity contribution is -0.118. The molecule has 1 fully saturated rings. The van der Waals surface area contributed by atoms with Crippen LogP contribution in [-0.4, -0.2) is 39.3 Å². The van der Waals surface area contributed by atoms with Crippen LogP contribution in [0.4, 0.5) is 5.13 Å². The third kappa shape index (κ3) is 5.16. The van der Waals surface area contributed by atoms with Crippen molar-refractivity contribution < 1.29 is 4.79 Å². The minimum Gasteiger partial charge on any atom is -0.351 e. The van der Waals surface area contributed by atoms with Gasteiger partial charge in [0, 0.05) is 31.2 Å². The number of benzene rings is 1. The molecule has 168 valence electrons. The summed E-state index contributed by atoms with van der Waals surface area (Å²) in [5, 5.41) is 4.78. The number of hydrogen-bond acceptors (Lipinski definition) is 7. The number of allylic oxidation sites excluding steroid dienone is 1. The van der Waals surface area contributed by atoms with E-state index in [1.54, 1.807) is 16.7 Å². The fourth-order valence-electron chi connectivity index (χ4n) is 3.51. The number of fused-ring (bicyclic) bond motifs is 1. The van der Waals surface area contributed by atoms with Crippen LogP contribution in [0.2, 0.25) is 5.02 Å². The molecule has 1 N–H and O–H groups in total. The molecule has 0 saturated carbocycles. The van der Waals surface area contributed by atoms with Gasteiger partial charge in [0.2, 0.25) is 5.91 Å². The summed E-state index contributed by atoms with van der Waals surface area (Å²) < 4.78 is 2.10. The maximum atomic E-state index is 13.1. The number of rotatable bonds is 8. The molecular weight excluding hydrogens is 466 g/mol. The van der Waals surface area contributed by atoms with Gasteiger partial charge < -0.3 is 10.2 Å². The van der Waals surface area contributed by atoms with Crippen LogP contribution in [0.5, 0.6) is 0 Å². The van der Waals surface area contributed by atoms with Crippen molar-refractivity contribution in [3.63, 3.8) is 0 Å². The topological polar surface area (TPSA) is 80.1 Å². The van der Waals surface area contributed by atoms with Gasteiger partial charge in [0.15, 0.2) is 15.9 Å². The number of thioether (sulfide) groups is 1. The molecule has 1 saturated heterocycles. The molecule has 0 bridgehead atoms. The average molecular weight is 490 g/mol. The van der Waals surface area contributed by atoms with Gasteiger partial charge in [-0.25, -0.2) is 4.98 Å². The Morgan fingerprint density at radius 2 is 2.03 bits per heavy atom. The first-order valence-electron chi connectivity index (χ1n) is 10.5. The Bertz CT molecular complexity index is 1190. The van der Waals surface area contributed by atoms with Crippen molar-refractivity contribution in [2.24, 2.45) is 0 Å². The van der Waals surface area contributed by atoms with Crippen molar-refractivity contribution in [2.75, 3.05) is 23.7 Å². The van der Waals surface area contributed by atoms with Crippen molar-refractivity contribution in [1.82, 2.24) is 19.9 Å². The molecule has 1 aromatic carbocycles. The molecular formula is C22H24ClN5O2S2. The number of nitrogens with zero attached hydrogens (tertiary/aromatic N) is 4. The zero-order valence-electron chi connectivity index (χ0n) is 17.6. The van der Waals surface area contributed by atoms with Gasteiger partial charge in [-0.1, -0.05) is 59.0 Å². The highest BCUT2D eigenvalue weighted by Gasteiger charge is 2.20. The molecule has 0 atom stereocenters. The number of thiazole rings is 1. The summed E-state index contributed by atoms with van der Waals surface area (Å²) in [6.45, 7) is 6.32. The van der Waals surface area contributed by atoms with Gasteiger partial charge in [0.05, 0.1) is 5.75 Å². The van der Waals surface area contributed by atoms with Crippen LogP contribution in [0.1, 0.15) is 24.8 Å². The molecule has 0 aliphatic carbocycles. The van der Waals surface area contributed by atoms with E-state index in [1.807, 2.05) is 18.2 Å². The van der Waals surface area contributed by atoms with E-state index in [1.165, 1.54) is 29.5 Å². The maximum Gasteiger partial charge on any atom is 0.274 e. The van der Waals surface area contributed by atoms with Gasteiger partial charge in [-0.3, -0.25) is 14.2 Å². The highest BCUT2D eigenvalue weighted by molar-refractivity contribution is 7.99. The van der Waals surface area contributed by atoms with Crippen molar-refractivity contribution in [2.45, 2.75) is 37.5 Å². The minimum absolute atomic E-state index is 0.128. The summed E-state index contributed by atoms with van der Waals surface area (Å²) in [5.41, 5.74) is 1.15. The molecule has 1 aliphatic heterocycles. The number of carbonyl (C=O) groups excluding carboxylic acids is 1. The highest BCUT2D eigenvalue weighted by Crippen LogP contribution is 2.29. The lowest BCUT2D eigenvalue weighted by Crippen LogP contribution is -2.29. The molecule has 0 spiro atoms. The molecule has 7 nitrogen and oxygen atoms in total. The predicted molar refractivity (Wildman–Crippen MR) is 132 cm³/mol. The lowest BCUT2D eigenvalue weighted by Gasteiger charge is -2.25. The number of piperidine rings is 1. The third-order valence-corrected chi connectivity index (χ3v) is 7.61. The van der Waals surface area contributed by atoms with Crippen LogP contribution in [-0.2, 0) is 17.9 Å². The van der Waals surface area contributed by atoms with Gasteiger partial charge in [-0.2, -0.15) is 4.98 Å². The first-order chi connectivity index (χ1) is 15.6. The standard InChI is InChI=1S/C22H24ClN5O2S2/c1-2-10-28-20(30)18-19(25-21(32-18)27-11-6-3-7-12-27)26-22(28)31-14-17(29)24-13-15-8-4-5-9-16(15)23/h2,4-5,8-9H,1,3,6-7,10-14H2,(H,24,29). The minimum atomic E-state index is -0.165. The number of nitrogens with one attached hydrogen (secondary N) is 1. The number of aromatic nitrogens is 3. The number of carbonyl (C=O) groups is 1. The molecule has 10 heteroatoms. The van der Waals surface area contributed by atoms with Gasteiger partial charge in [-0.05, 0) is 30.9 Å². The van der Waals surface area contributed by atoms with E-state index < -0.39 is 0 Å². The number of anilines is 1. The zero-order valence-corrected chi connectivity index (χ0v) is 19.9. The number of amides is 1. The number of halogens is 1. The first-order valence-corrected chi connectivity index (χ1v) is 12.6. The molecule has 1 amide bonds. The molecule has 3 aromatic rings. The fraction of sp³-hybridized carbons (Fsp3) is 0.364. The van der Waals surface area contributed by atoms with E-state index in [-0.39, 0.29) is 17.2 Å². The van der Waals surface area contributed by atoms with Gasteiger partial charge in [0.1, 0.15) is 4.70 Å². The summed E-state index contributed by atoms with van der Waals surface area (Å²) in [4.78, 5) is 37.0. The van der Waals surface area contributed by atoms with Crippen LogP contribution in [0, 0.1) is 0 Å². The van der Waals surface area contributed by atoms with Crippen LogP contribution in [0.3, 0.4) is 0 Å². The maximum absolute atomic E-state index is 13.1. The van der Waals surface area contributed by atoms with Crippen LogP contribution in [0.15, 0.2) is 46.9 Å². The Kier molecular flexibility index (Phi) is 7.49. The fourth-order valence-corrected chi connectivity index (χ4v) is 5.55.